The Bertz CT molecular complexity index is 803. The van der Waals surface area contributed by atoms with Gasteiger partial charge in [-0.15, -0.1) is 10.2 Å². The molecule has 0 aromatic carbocycles. The van der Waals surface area contributed by atoms with E-state index in [1.165, 1.54) is 0 Å². The van der Waals surface area contributed by atoms with E-state index in [0.29, 0.717) is 40.4 Å². The van der Waals surface area contributed by atoms with Crippen molar-refractivity contribution >= 4 is 6.29 Å². The predicted molar refractivity (Wildman–Crippen MR) is 79.8 cm³/mol. The number of rotatable bonds is 4. The average Bonchev–Trinajstić information content (AvgIpc) is 2.62. The van der Waals surface area contributed by atoms with Crippen LogP contribution < -0.4 is 0 Å². The third-order valence-electron chi connectivity index (χ3n) is 3.05. The van der Waals surface area contributed by atoms with Crippen LogP contribution in [-0.4, -0.2) is 31.6 Å². The molecule has 6 heteroatoms. The van der Waals surface area contributed by atoms with E-state index in [9.17, 15) is 4.79 Å². The van der Waals surface area contributed by atoms with Crippen molar-refractivity contribution in [2.45, 2.75) is 6.61 Å². The largest absolute Gasteiger partial charge is 0.390 e. The zero-order valence-corrected chi connectivity index (χ0v) is 11.5. The third kappa shape index (κ3) is 2.87. The van der Waals surface area contributed by atoms with Gasteiger partial charge < -0.3 is 5.11 Å². The zero-order chi connectivity index (χ0) is 15.4. The molecule has 0 amide bonds. The first-order valence-corrected chi connectivity index (χ1v) is 6.63. The van der Waals surface area contributed by atoms with Crippen molar-refractivity contribution in [3.63, 3.8) is 0 Å². The molecule has 1 N–H and O–H groups in total. The Balaban J connectivity index is 1.93. The summed E-state index contributed by atoms with van der Waals surface area (Å²) in [6, 6.07) is 14.0. The smallest absolute Gasteiger partial charge is 0.168 e. The van der Waals surface area contributed by atoms with Gasteiger partial charge >= 0.3 is 0 Å². The van der Waals surface area contributed by atoms with Crippen LogP contribution >= 0.6 is 0 Å². The summed E-state index contributed by atoms with van der Waals surface area (Å²) in [6.45, 7) is -0.123. The highest BCUT2D eigenvalue weighted by Crippen LogP contribution is 2.18. The van der Waals surface area contributed by atoms with Crippen molar-refractivity contribution in [1.29, 1.82) is 0 Å². The van der Waals surface area contributed by atoms with Gasteiger partial charge in [0.25, 0.3) is 0 Å². The third-order valence-corrected chi connectivity index (χ3v) is 3.05. The molecule has 3 heterocycles. The molecule has 0 aliphatic rings. The van der Waals surface area contributed by atoms with Crippen molar-refractivity contribution in [2.75, 3.05) is 0 Å². The van der Waals surface area contributed by atoms with Crippen LogP contribution in [0, 0.1) is 0 Å². The standard InChI is InChI=1S/C16H12N4O2/c21-9-11-3-1-5-13(17-11)15-7-8-16(20-19-15)14-6-2-4-12(10-22)18-14/h1-9,22H,10H2. The lowest BCUT2D eigenvalue weighted by molar-refractivity contribution is 0.111. The summed E-state index contributed by atoms with van der Waals surface area (Å²) in [4.78, 5) is 19.2. The minimum atomic E-state index is -0.123. The summed E-state index contributed by atoms with van der Waals surface area (Å²) in [6.07, 6.45) is 0.690. The van der Waals surface area contributed by atoms with Crippen molar-refractivity contribution < 1.29 is 9.90 Å². The molecule has 0 saturated heterocycles. The Morgan fingerprint density at radius 1 is 0.818 bits per heavy atom. The highest BCUT2D eigenvalue weighted by Gasteiger charge is 2.06. The maximum Gasteiger partial charge on any atom is 0.168 e. The Morgan fingerprint density at radius 3 is 2.05 bits per heavy atom. The maximum absolute atomic E-state index is 10.8. The minimum absolute atomic E-state index is 0.123. The first-order chi connectivity index (χ1) is 10.8. The van der Waals surface area contributed by atoms with E-state index in [0.717, 1.165) is 0 Å². The van der Waals surface area contributed by atoms with Crippen LogP contribution in [0.3, 0.4) is 0 Å². The van der Waals surface area contributed by atoms with Gasteiger partial charge in [0.05, 0.1) is 23.7 Å². The molecule has 0 spiro atoms. The fourth-order valence-electron chi connectivity index (χ4n) is 1.98. The second-order valence-corrected chi connectivity index (χ2v) is 4.54. The molecule has 3 aromatic rings. The number of aliphatic hydroxyl groups excluding tert-OH is 1. The molecule has 0 fully saturated rings. The number of hydrogen-bond donors (Lipinski definition) is 1. The molecular weight excluding hydrogens is 280 g/mol. The van der Waals surface area contributed by atoms with E-state index in [4.69, 9.17) is 5.11 Å². The van der Waals surface area contributed by atoms with Crippen LogP contribution in [-0.2, 0) is 6.61 Å². The lowest BCUT2D eigenvalue weighted by atomic mass is 10.2. The SMILES string of the molecule is O=Cc1cccc(-c2ccc(-c3cccc(CO)n3)nn2)n1. The number of aromatic nitrogens is 4. The topological polar surface area (TPSA) is 88.9 Å². The molecule has 22 heavy (non-hydrogen) atoms. The van der Waals surface area contributed by atoms with Gasteiger partial charge in [0, 0.05) is 0 Å². The van der Waals surface area contributed by atoms with E-state index in [1.807, 2.05) is 0 Å². The molecule has 0 radical (unpaired) electrons. The first kappa shape index (κ1) is 14.0. The van der Waals surface area contributed by atoms with Crippen LogP contribution in [0.25, 0.3) is 22.8 Å². The molecular formula is C16H12N4O2. The molecule has 0 unspecified atom stereocenters. The highest BCUT2D eigenvalue weighted by molar-refractivity contribution is 5.73. The Hall–Kier alpha value is -2.99. The van der Waals surface area contributed by atoms with Gasteiger partial charge in [0.1, 0.15) is 17.1 Å². The van der Waals surface area contributed by atoms with Crippen molar-refractivity contribution in [2.24, 2.45) is 0 Å². The Labute approximate surface area is 126 Å². The van der Waals surface area contributed by atoms with E-state index in [-0.39, 0.29) is 6.61 Å². The van der Waals surface area contributed by atoms with Crippen LogP contribution in [0.2, 0.25) is 0 Å². The average molecular weight is 292 g/mol. The summed E-state index contributed by atoms with van der Waals surface area (Å²) in [5, 5.41) is 17.4. The number of aldehydes is 1. The van der Waals surface area contributed by atoms with Crippen LogP contribution in [0.5, 0.6) is 0 Å². The Kier molecular flexibility index (Phi) is 3.93. The minimum Gasteiger partial charge on any atom is -0.390 e. The summed E-state index contributed by atoms with van der Waals surface area (Å²) >= 11 is 0. The monoisotopic (exact) mass is 292 g/mol. The summed E-state index contributed by atoms with van der Waals surface area (Å²) < 4.78 is 0. The normalized spacial score (nSPS) is 10.4. The summed E-state index contributed by atoms with van der Waals surface area (Å²) in [5.41, 5.74) is 3.32. The van der Waals surface area contributed by atoms with Crippen molar-refractivity contribution in [1.82, 2.24) is 20.2 Å². The first-order valence-electron chi connectivity index (χ1n) is 6.63. The number of hydrogen-bond acceptors (Lipinski definition) is 6. The molecule has 3 aromatic heterocycles. The van der Waals surface area contributed by atoms with E-state index in [1.54, 1.807) is 48.5 Å². The molecule has 108 valence electrons. The molecule has 6 nitrogen and oxygen atoms in total. The molecule has 0 aliphatic carbocycles. The summed E-state index contributed by atoms with van der Waals surface area (Å²) in [7, 11) is 0. The van der Waals surface area contributed by atoms with Gasteiger partial charge in [0.2, 0.25) is 0 Å². The molecule has 3 rings (SSSR count). The number of carbonyl (C=O) groups is 1. The van der Waals surface area contributed by atoms with Crippen molar-refractivity contribution in [3.8, 4) is 22.8 Å². The van der Waals surface area contributed by atoms with Gasteiger partial charge in [-0.05, 0) is 36.4 Å². The fourth-order valence-corrected chi connectivity index (χ4v) is 1.98. The second kappa shape index (κ2) is 6.19. The number of aliphatic hydroxyl groups is 1. The van der Waals surface area contributed by atoms with Gasteiger partial charge in [-0.25, -0.2) is 9.97 Å². The molecule has 0 atom stereocenters. The zero-order valence-electron chi connectivity index (χ0n) is 11.5. The molecule has 0 aliphatic heterocycles. The predicted octanol–water partition coefficient (Wildman–Crippen LogP) is 1.91. The van der Waals surface area contributed by atoms with Gasteiger partial charge in [-0.1, -0.05) is 12.1 Å². The van der Waals surface area contributed by atoms with Crippen LogP contribution in [0.1, 0.15) is 16.2 Å². The fraction of sp³-hybridized carbons (Fsp3) is 0.0625. The van der Waals surface area contributed by atoms with E-state index >= 15 is 0 Å². The lowest BCUT2D eigenvalue weighted by Gasteiger charge is -2.03. The molecule has 0 bridgehead atoms. The second-order valence-electron chi connectivity index (χ2n) is 4.54. The van der Waals surface area contributed by atoms with Gasteiger partial charge in [0.15, 0.2) is 6.29 Å². The highest BCUT2D eigenvalue weighted by atomic mass is 16.3. The summed E-state index contributed by atoms with van der Waals surface area (Å²) in [5.74, 6) is 0. The maximum atomic E-state index is 10.8. The molecule has 0 saturated carbocycles. The van der Waals surface area contributed by atoms with E-state index in [2.05, 4.69) is 20.2 Å². The lowest BCUT2D eigenvalue weighted by Crippen LogP contribution is -1.97. The van der Waals surface area contributed by atoms with Gasteiger partial charge in [-0.3, -0.25) is 4.79 Å². The number of carbonyl (C=O) groups excluding carboxylic acids is 1. The number of pyridine rings is 2. The quantitative estimate of drug-likeness (QED) is 0.739. The van der Waals surface area contributed by atoms with Crippen molar-refractivity contribution in [3.05, 3.63) is 59.9 Å². The number of nitrogens with zero attached hydrogens (tertiary/aromatic N) is 4. The van der Waals surface area contributed by atoms with E-state index < -0.39 is 0 Å². The Morgan fingerprint density at radius 2 is 1.45 bits per heavy atom. The van der Waals surface area contributed by atoms with Gasteiger partial charge in [-0.2, -0.15) is 0 Å². The van der Waals surface area contributed by atoms with Crippen LogP contribution in [0.4, 0.5) is 0 Å². The van der Waals surface area contributed by atoms with Crippen LogP contribution in [0.15, 0.2) is 48.5 Å².